The van der Waals surface area contributed by atoms with Crippen LogP contribution in [0.25, 0.3) is 10.9 Å². The summed E-state index contributed by atoms with van der Waals surface area (Å²) in [4.78, 5) is 4.27. The summed E-state index contributed by atoms with van der Waals surface area (Å²) in [7, 11) is 0. The Morgan fingerprint density at radius 3 is 2.77 bits per heavy atom. The molecule has 2 aromatic rings. The number of benzene rings is 1. The van der Waals surface area contributed by atoms with Crippen LogP contribution in [0, 0.1) is 13.8 Å². The number of hydrogen-bond acceptors (Lipinski definition) is 2. The first kappa shape index (κ1) is 8.05. The van der Waals surface area contributed by atoms with E-state index < -0.39 is 0 Å². The fourth-order valence-corrected chi connectivity index (χ4v) is 1.47. The van der Waals surface area contributed by atoms with E-state index in [9.17, 15) is 5.11 Å². The molecule has 0 amide bonds. The van der Waals surface area contributed by atoms with Crippen LogP contribution in [0.1, 0.15) is 11.1 Å². The smallest absolute Gasteiger partial charge is 0.119 e. The number of rotatable bonds is 0. The van der Waals surface area contributed by atoms with Crippen LogP contribution in [0.3, 0.4) is 0 Å². The van der Waals surface area contributed by atoms with E-state index in [1.165, 1.54) is 0 Å². The zero-order valence-corrected chi connectivity index (χ0v) is 7.70. The Morgan fingerprint density at radius 1 is 1.23 bits per heavy atom. The molecule has 0 atom stereocenters. The van der Waals surface area contributed by atoms with Gasteiger partial charge in [-0.15, -0.1) is 0 Å². The van der Waals surface area contributed by atoms with Gasteiger partial charge in [0.25, 0.3) is 0 Å². The van der Waals surface area contributed by atoms with Crippen molar-refractivity contribution < 1.29 is 5.11 Å². The molecule has 1 N–H and O–H groups in total. The molecule has 0 saturated carbocycles. The zero-order valence-electron chi connectivity index (χ0n) is 7.70. The van der Waals surface area contributed by atoms with Crippen molar-refractivity contribution in [3.05, 3.63) is 35.5 Å². The summed E-state index contributed by atoms with van der Waals surface area (Å²) in [5.41, 5.74) is 2.93. The topological polar surface area (TPSA) is 33.1 Å². The van der Waals surface area contributed by atoms with Crippen LogP contribution in [0.4, 0.5) is 0 Å². The molecule has 0 radical (unpaired) electrons. The minimum absolute atomic E-state index is 0.345. The third kappa shape index (κ3) is 1.15. The normalized spacial score (nSPS) is 10.6. The highest BCUT2D eigenvalue weighted by Crippen LogP contribution is 2.27. The quantitative estimate of drug-likeness (QED) is 0.664. The van der Waals surface area contributed by atoms with Gasteiger partial charge in [0, 0.05) is 11.6 Å². The second-order valence-corrected chi connectivity index (χ2v) is 3.22. The predicted molar refractivity (Wildman–Crippen MR) is 52.9 cm³/mol. The number of hydrogen-bond donors (Lipinski definition) is 1. The van der Waals surface area contributed by atoms with Crippen molar-refractivity contribution >= 4 is 10.9 Å². The van der Waals surface area contributed by atoms with Crippen molar-refractivity contribution in [1.82, 2.24) is 4.98 Å². The number of nitrogens with zero attached hydrogens (tertiary/aromatic N) is 1. The van der Waals surface area contributed by atoms with Gasteiger partial charge in [0.1, 0.15) is 5.75 Å². The van der Waals surface area contributed by atoms with Gasteiger partial charge < -0.3 is 5.11 Å². The number of aromatic nitrogens is 1. The summed E-state index contributed by atoms with van der Waals surface area (Å²) < 4.78 is 0. The molecule has 0 fully saturated rings. The Labute approximate surface area is 76.9 Å². The van der Waals surface area contributed by atoms with Gasteiger partial charge in [0.2, 0.25) is 0 Å². The maximum atomic E-state index is 9.57. The lowest BCUT2D eigenvalue weighted by Gasteiger charge is -2.06. The SMILES string of the molecule is Cc1c(O)cc2cccnc2c1C. The predicted octanol–water partition coefficient (Wildman–Crippen LogP) is 2.56. The number of aryl methyl sites for hydroxylation is 1. The molecular weight excluding hydrogens is 162 g/mol. The highest BCUT2D eigenvalue weighted by Gasteiger charge is 2.05. The maximum Gasteiger partial charge on any atom is 0.119 e. The van der Waals surface area contributed by atoms with Gasteiger partial charge in [-0.25, -0.2) is 0 Å². The van der Waals surface area contributed by atoms with Crippen LogP contribution in [-0.4, -0.2) is 10.1 Å². The fraction of sp³-hybridized carbons (Fsp3) is 0.182. The van der Waals surface area contributed by atoms with Crippen molar-refractivity contribution in [1.29, 1.82) is 0 Å². The average Bonchev–Trinajstić information content (AvgIpc) is 2.15. The molecule has 0 saturated heterocycles. The van der Waals surface area contributed by atoms with E-state index in [4.69, 9.17) is 0 Å². The lowest BCUT2D eigenvalue weighted by Crippen LogP contribution is -1.87. The molecule has 66 valence electrons. The molecule has 1 aromatic heterocycles. The molecular formula is C11H11NO. The van der Waals surface area contributed by atoms with Crippen molar-refractivity contribution in [2.45, 2.75) is 13.8 Å². The van der Waals surface area contributed by atoms with E-state index in [1.54, 1.807) is 12.3 Å². The van der Waals surface area contributed by atoms with Gasteiger partial charge in [-0.1, -0.05) is 6.07 Å². The molecule has 2 nitrogen and oxygen atoms in total. The maximum absolute atomic E-state index is 9.57. The van der Waals surface area contributed by atoms with E-state index in [0.29, 0.717) is 5.75 Å². The molecule has 0 bridgehead atoms. The van der Waals surface area contributed by atoms with Gasteiger partial charge in [-0.3, -0.25) is 4.98 Å². The van der Waals surface area contributed by atoms with Gasteiger partial charge in [0.05, 0.1) is 5.52 Å². The Hall–Kier alpha value is -1.57. The Morgan fingerprint density at radius 2 is 2.00 bits per heavy atom. The van der Waals surface area contributed by atoms with Gasteiger partial charge in [-0.05, 0) is 37.1 Å². The van der Waals surface area contributed by atoms with E-state index >= 15 is 0 Å². The minimum Gasteiger partial charge on any atom is -0.508 e. The molecule has 1 aromatic carbocycles. The second kappa shape index (κ2) is 2.73. The van der Waals surface area contributed by atoms with Crippen molar-refractivity contribution in [3.63, 3.8) is 0 Å². The first-order valence-corrected chi connectivity index (χ1v) is 4.24. The van der Waals surface area contributed by atoms with E-state index in [0.717, 1.165) is 22.0 Å². The Bertz CT molecular complexity index is 463. The number of phenolic OH excluding ortho intramolecular Hbond substituents is 1. The first-order chi connectivity index (χ1) is 6.20. The third-order valence-electron chi connectivity index (χ3n) is 2.43. The molecule has 0 unspecified atom stereocenters. The summed E-state index contributed by atoms with van der Waals surface area (Å²) in [5.74, 6) is 0.345. The summed E-state index contributed by atoms with van der Waals surface area (Å²) >= 11 is 0. The number of aromatic hydroxyl groups is 1. The van der Waals surface area contributed by atoms with Gasteiger partial charge >= 0.3 is 0 Å². The largest absolute Gasteiger partial charge is 0.508 e. The van der Waals surface area contributed by atoms with Crippen LogP contribution < -0.4 is 0 Å². The number of phenols is 1. The van der Waals surface area contributed by atoms with Crippen LogP contribution in [0.15, 0.2) is 24.4 Å². The van der Waals surface area contributed by atoms with Crippen LogP contribution in [0.2, 0.25) is 0 Å². The second-order valence-electron chi connectivity index (χ2n) is 3.22. The number of pyridine rings is 1. The summed E-state index contributed by atoms with van der Waals surface area (Å²) in [6.07, 6.45) is 1.77. The lowest BCUT2D eigenvalue weighted by atomic mass is 10.0. The van der Waals surface area contributed by atoms with Crippen molar-refractivity contribution in [2.24, 2.45) is 0 Å². The Balaban J connectivity index is 2.94. The van der Waals surface area contributed by atoms with Crippen LogP contribution >= 0.6 is 0 Å². The summed E-state index contributed by atoms with van der Waals surface area (Å²) in [5, 5.41) is 10.6. The minimum atomic E-state index is 0.345. The monoisotopic (exact) mass is 173 g/mol. The average molecular weight is 173 g/mol. The van der Waals surface area contributed by atoms with E-state index in [2.05, 4.69) is 4.98 Å². The lowest BCUT2D eigenvalue weighted by molar-refractivity contribution is 0.471. The Kier molecular flexibility index (Phi) is 1.69. The van der Waals surface area contributed by atoms with E-state index in [-0.39, 0.29) is 0 Å². The standard InChI is InChI=1S/C11H11NO/c1-7-8(2)11-9(6-10(7)13)4-3-5-12-11/h3-6,13H,1-2H3. The highest BCUT2D eigenvalue weighted by atomic mass is 16.3. The van der Waals surface area contributed by atoms with Crippen LogP contribution in [-0.2, 0) is 0 Å². The zero-order chi connectivity index (χ0) is 9.42. The molecule has 13 heavy (non-hydrogen) atoms. The molecule has 2 heteroatoms. The molecule has 0 aliphatic rings. The van der Waals surface area contributed by atoms with Crippen molar-refractivity contribution in [2.75, 3.05) is 0 Å². The number of fused-ring (bicyclic) bond motifs is 1. The molecule has 0 aliphatic carbocycles. The third-order valence-corrected chi connectivity index (χ3v) is 2.43. The molecule has 0 spiro atoms. The fourth-order valence-electron chi connectivity index (χ4n) is 1.47. The highest BCUT2D eigenvalue weighted by molar-refractivity contribution is 5.84. The molecule has 0 aliphatic heterocycles. The van der Waals surface area contributed by atoms with E-state index in [1.807, 2.05) is 26.0 Å². The van der Waals surface area contributed by atoms with Crippen LogP contribution in [0.5, 0.6) is 5.75 Å². The first-order valence-electron chi connectivity index (χ1n) is 4.24. The van der Waals surface area contributed by atoms with Gasteiger partial charge in [-0.2, -0.15) is 0 Å². The van der Waals surface area contributed by atoms with Gasteiger partial charge in [0.15, 0.2) is 0 Å². The van der Waals surface area contributed by atoms with Crippen molar-refractivity contribution in [3.8, 4) is 5.75 Å². The summed E-state index contributed by atoms with van der Waals surface area (Å²) in [6.45, 7) is 3.88. The molecule has 2 rings (SSSR count). The summed E-state index contributed by atoms with van der Waals surface area (Å²) in [6, 6.07) is 5.58. The molecule has 1 heterocycles.